The van der Waals surface area contributed by atoms with E-state index in [-0.39, 0.29) is 12.0 Å². The van der Waals surface area contributed by atoms with E-state index in [0.29, 0.717) is 0 Å². The van der Waals surface area contributed by atoms with Gasteiger partial charge in [0.1, 0.15) is 6.04 Å². The van der Waals surface area contributed by atoms with Gasteiger partial charge in [0.2, 0.25) is 0 Å². The molecule has 3 nitrogen and oxygen atoms in total. The molecule has 0 aromatic heterocycles. The molecule has 2 aromatic carbocycles. The fourth-order valence-corrected chi connectivity index (χ4v) is 3.46. The third-order valence-electron chi connectivity index (χ3n) is 4.51. The summed E-state index contributed by atoms with van der Waals surface area (Å²) in [5, 5.41) is 1.22. The zero-order valence-electron chi connectivity index (χ0n) is 14.1. The SMILES string of the molecule is CC(F)C(=O)N1OC(c2ccccc2)(c2ccccc2)[C@@H]1C(C)C. The maximum Gasteiger partial charge on any atom is 0.280 e. The summed E-state index contributed by atoms with van der Waals surface area (Å²) in [7, 11) is 0. The Labute approximate surface area is 142 Å². The molecular formula is C20H22FNO2. The summed E-state index contributed by atoms with van der Waals surface area (Å²) in [5.74, 6) is -0.530. The van der Waals surface area contributed by atoms with Crippen molar-refractivity contribution in [2.45, 2.75) is 38.6 Å². The molecule has 0 saturated carbocycles. The first-order valence-corrected chi connectivity index (χ1v) is 8.25. The first-order chi connectivity index (χ1) is 11.5. The fraction of sp³-hybridized carbons (Fsp3) is 0.350. The Morgan fingerprint density at radius 3 is 1.83 bits per heavy atom. The van der Waals surface area contributed by atoms with E-state index in [1.165, 1.54) is 12.0 Å². The van der Waals surface area contributed by atoms with Gasteiger partial charge in [-0.2, -0.15) is 0 Å². The quantitative estimate of drug-likeness (QED) is 0.846. The van der Waals surface area contributed by atoms with Crippen molar-refractivity contribution in [1.82, 2.24) is 5.06 Å². The number of hydrogen-bond acceptors (Lipinski definition) is 2. The van der Waals surface area contributed by atoms with Gasteiger partial charge in [0.05, 0.1) is 0 Å². The predicted octanol–water partition coefficient (Wildman–Crippen LogP) is 4.09. The van der Waals surface area contributed by atoms with E-state index in [4.69, 9.17) is 4.84 Å². The predicted molar refractivity (Wildman–Crippen MR) is 90.8 cm³/mol. The van der Waals surface area contributed by atoms with Crippen LogP contribution in [0.5, 0.6) is 0 Å². The minimum Gasteiger partial charge on any atom is -0.269 e. The highest BCUT2D eigenvalue weighted by Crippen LogP contribution is 2.50. The number of rotatable bonds is 4. The van der Waals surface area contributed by atoms with Gasteiger partial charge in [0, 0.05) is 0 Å². The monoisotopic (exact) mass is 327 g/mol. The number of alkyl halides is 1. The minimum absolute atomic E-state index is 0.0989. The number of amides is 1. The molecule has 1 unspecified atom stereocenters. The molecule has 0 spiro atoms. The van der Waals surface area contributed by atoms with Crippen LogP contribution in [0, 0.1) is 5.92 Å². The van der Waals surface area contributed by atoms with Crippen LogP contribution in [0.3, 0.4) is 0 Å². The number of hydroxylamine groups is 2. The number of nitrogens with zero attached hydrogens (tertiary/aromatic N) is 1. The van der Waals surface area contributed by atoms with Crippen molar-refractivity contribution in [3.8, 4) is 0 Å². The van der Waals surface area contributed by atoms with E-state index in [0.717, 1.165) is 11.1 Å². The molecule has 3 rings (SSSR count). The summed E-state index contributed by atoms with van der Waals surface area (Å²) in [5.41, 5.74) is 1.15. The van der Waals surface area contributed by atoms with Crippen LogP contribution < -0.4 is 0 Å². The maximum atomic E-state index is 13.6. The van der Waals surface area contributed by atoms with Gasteiger partial charge in [-0.25, -0.2) is 9.45 Å². The van der Waals surface area contributed by atoms with Gasteiger partial charge in [-0.3, -0.25) is 9.63 Å². The van der Waals surface area contributed by atoms with Crippen LogP contribution in [0.2, 0.25) is 0 Å². The van der Waals surface area contributed by atoms with E-state index in [2.05, 4.69) is 0 Å². The van der Waals surface area contributed by atoms with Crippen molar-refractivity contribution < 1.29 is 14.0 Å². The highest BCUT2D eigenvalue weighted by molar-refractivity contribution is 5.81. The molecule has 1 saturated heterocycles. The Balaban J connectivity index is 2.12. The van der Waals surface area contributed by atoms with E-state index < -0.39 is 17.7 Å². The number of hydrogen-bond donors (Lipinski definition) is 0. The summed E-state index contributed by atoms with van der Waals surface area (Å²) in [6.07, 6.45) is -1.59. The molecule has 0 bridgehead atoms. The normalized spacial score (nSPS) is 20.5. The molecular weight excluding hydrogens is 305 g/mol. The second kappa shape index (κ2) is 6.36. The van der Waals surface area contributed by atoms with Gasteiger partial charge in [0.25, 0.3) is 5.91 Å². The van der Waals surface area contributed by atoms with E-state index in [9.17, 15) is 9.18 Å². The van der Waals surface area contributed by atoms with Gasteiger partial charge in [-0.1, -0.05) is 74.5 Å². The molecule has 1 heterocycles. The van der Waals surface area contributed by atoms with Crippen LogP contribution in [0.15, 0.2) is 60.7 Å². The van der Waals surface area contributed by atoms with Crippen molar-refractivity contribution >= 4 is 5.91 Å². The third kappa shape index (κ3) is 2.51. The average molecular weight is 327 g/mol. The van der Waals surface area contributed by atoms with E-state index in [1.807, 2.05) is 74.5 Å². The Morgan fingerprint density at radius 2 is 1.46 bits per heavy atom. The number of carbonyl (C=O) groups excluding carboxylic acids is 1. The molecule has 1 fully saturated rings. The third-order valence-corrected chi connectivity index (χ3v) is 4.51. The lowest BCUT2D eigenvalue weighted by Crippen LogP contribution is -2.70. The largest absolute Gasteiger partial charge is 0.280 e. The number of benzene rings is 2. The second-order valence-electron chi connectivity index (χ2n) is 6.53. The van der Waals surface area contributed by atoms with E-state index in [1.54, 1.807) is 0 Å². The molecule has 1 aliphatic heterocycles. The topological polar surface area (TPSA) is 29.5 Å². The standard InChI is InChI=1S/C20H22FNO2/c1-14(2)18-20(16-10-6-4-7-11-16,17-12-8-5-9-13-17)24-22(18)19(23)15(3)21/h4-15,18H,1-3H3/t15?,18-/m0/s1. The van der Waals surface area contributed by atoms with Gasteiger partial charge in [-0.05, 0) is 24.0 Å². The van der Waals surface area contributed by atoms with Gasteiger partial charge < -0.3 is 0 Å². The van der Waals surface area contributed by atoms with Gasteiger partial charge in [0.15, 0.2) is 11.8 Å². The summed E-state index contributed by atoms with van der Waals surface area (Å²) in [6, 6.07) is 19.4. The number of carbonyl (C=O) groups is 1. The first-order valence-electron chi connectivity index (χ1n) is 8.25. The molecule has 126 valence electrons. The molecule has 1 aliphatic rings. The molecule has 0 aliphatic carbocycles. The minimum atomic E-state index is -1.59. The van der Waals surface area contributed by atoms with Crippen molar-refractivity contribution in [2.24, 2.45) is 5.92 Å². The van der Waals surface area contributed by atoms with Crippen LogP contribution in [0.25, 0.3) is 0 Å². The van der Waals surface area contributed by atoms with Crippen molar-refractivity contribution in [2.75, 3.05) is 0 Å². The molecule has 2 aromatic rings. The highest BCUT2D eigenvalue weighted by atomic mass is 19.1. The summed E-state index contributed by atoms with van der Waals surface area (Å²) in [4.78, 5) is 18.3. The Bertz CT molecular complexity index is 661. The molecule has 0 N–H and O–H groups in total. The van der Waals surface area contributed by atoms with Crippen LogP contribution in [-0.4, -0.2) is 23.2 Å². The second-order valence-corrected chi connectivity index (χ2v) is 6.53. The van der Waals surface area contributed by atoms with E-state index >= 15 is 0 Å². The Morgan fingerprint density at radius 1 is 1.00 bits per heavy atom. The smallest absolute Gasteiger partial charge is 0.269 e. The Hall–Kier alpha value is -2.20. The van der Waals surface area contributed by atoms with Crippen LogP contribution in [-0.2, 0) is 15.2 Å². The lowest BCUT2D eigenvalue weighted by Gasteiger charge is -2.58. The molecule has 24 heavy (non-hydrogen) atoms. The van der Waals surface area contributed by atoms with Crippen molar-refractivity contribution in [1.29, 1.82) is 0 Å². The molecule has 4 heteroatoms. The zero-order chi connectivity index (χ0) is 17.3. The van der Waals surface area contributed by atoms with Crippen LogP contribution in [0.4, 0.5) is 4.39 Å². The van der Waals surface area contributed by atoms with Gasteiger partial charge in [-0.15, -0.1) is 0 Å². The zero-order valence-corrected chi connectivity index (χ0v) is 14.1. The lowest BCUT2D eigenvalue weighted by atomic mass is 9.73. The first kappa shape index (κ1) is 16.7. The van der Waals surface area contributed by atoms with Crippen LogP contribution >= 0.6 is 0 Å². The molecule has 2 atom stereocenters. The summed E-state index contributed by atoms with van der Waals surface area (Å²) < 4.78 is 13.6. The summed E-state index contributed by atoms with van der Waals surface area (Å²) >= 11 is 0. The van der Waals surface area contributed by atoms with Crippen molar-refractivity contribution in [3.63, 3.8) is 0 Å². The fourth-order valence-electron chi connectivity index (χ4n) is 3.46. The average Bonchev–Trinajstić information content (AvgIpc) is 2.55. The summed E-state index contributed by atoms with van der Waals surface area (Å²) in [6.45, 7) is 5.29. The maximum absolute atomic E-state index is 13.6. The molecule has 1 amide bonds. The van der Waals surface area contributed by atoms with Crippen LogP contribution in [0.1, 0.15) is 31.9 Å². The molecule has 0 radical (unpaired) electrons. The highest BCUT2D eigenvalue weighted by Gasteiger charge is 2.60. The number of halogens is 1. The lowest BCUT2D eigenvalue weighted by molar-refractivity contribution is -0.372. The van der Waals surface area contributed by atoms with Crippen molar-refractivity contribution in [3.05, 3.63) is 71.8 Å². The van der Waals surface area contributed by atoms with Gasteiger partial charge >= 0.3 is 0 Å². The Kier molecular flexibility index (Phi) is 4.41.